The lowest BCUT2D eigenvalue weighted by molar-refractivity contribution is 0.145. The van der Waals surface area contributed by atoms with Crippen LogP contribution in [0.15, 0.2) is 0 Å². The van der Waals surface area contributed by atoms with Crippen LogP contribution >= 0.6 is 0 Å². The second kappa shape index (κ2) is 4.48. The fourth-order valence-corrected chi connectivity index (χ4v) is 1.84. The molecule has 3 nitrogen and oxygen atoms in total. The highest BCUT2D eigenvalue weighted by Crippen LogP contribution is 2.28. The standard InChI is InChI=1S/C10H10F4N2O/c11-6-8(7(12)10(14)15-9(6)13)16-3-1-5(17)2-4-16/h5,17H,1-4H2. The summed E-state index contributed by atoms with van der Waals surface area (Å²) in [5.41, 5.74) is -0.748. The molecule has 1 aromatic heterocycles. The number of pyridine rings is 1. The molecule has 7 heteroatoms. The number of halogens is 4. The van der Waals surface area contributed by atoms with Crippen molar-refractivity contribution in [3.05, 3.63) is 23.5 Å². The van der Waals surface area contributed by atoms with Gasteiger partial charge < -0.3 is 10.0 Å². The number of aromatic nitrogens is 1. The van der Waals surface area contributed by atoms with Gasteiger partial charge in [0.15, 0.2) is 0 Å². The predicted octanol–water partition coefficient (Wildman–Crippen LogP) is 1.60. The van der Waals surface area contributed by atoms with Gasteiger partial charge >= 0.3 is 0 Å². The average Bonchev–Trinajstić information content (AvgIpc) is 2.29. The summed E-state index contributed by atoms with van der Waals surface area (Å²) in [5, 5.41) is 9.25. The van der Waals surface area contributed by atoms with Crippen LogP contribution in [0.4, 0.5) is 23.2 Å². The first kappa shape index (κ1) is 12.1. The van der Waals surface area contributed by atoms with E-state index in [4.69, 9.17) is 0 Å². The lowest BCUT2D eigenvalue weighted by Crippen LogP contribution is -2.37. The fraction of sp³-hybridized carbons (Fsp3) is 0.500. The number of rotatable bonds is 1. The van der Waals surface area contributed by atoms with Crippen LogP contribution in [-0.4, -0.2) is 29.3 Å². The lowest BCUT2D eigenvalue weighted by Gasteiger charge is -2.31. The van der Waals surface area contributed by atoms with Crippen molar-refractivity contribution in [2.75, 3.05) is 18.0 Å². The normalized spacial score (nSPS) is 17.6. The number of piperidine rings is 1. The highest BCUT2D eigenvalue weighted by Gasteiger charge is 2.27. The zero-order valence-corrected chi connectivity index (χ0v) is 8.76. The minimum atomic E-state index is -1.66. The minimum absolute atomic E-state index is 0.137. The van der Waals surface area contributed by atoms with E-state index < -0.39 is 35.3 Å². The molecule has 0 atom stereocenters. The van der Waals surface area contributed by atoms with Gasteiger partial charge in [-0.15, -0.1) is 0 Å². The number of hydrogen-bond acceptors (Lipinski definition) is 3. The number of hydrogen-bond donors (Lipinski definition) is 1. The largest absolute Gasteiger partial charge is 0.393 e. The Labute approximate surface area is 94.7 Å². The van der Waals surface area contributed by atoms with E-state index in [2.05, 4.69) is 4.98 Å². The maximum Gasteiger partial charge on any atom is 0.253 e. The zero-order chi connectivity index (χ0) is 12.6. The van der Waals surface area contributed by atoms with E-state index in [1.165, 1.54) is 4.90 Å². The van der Waals surface area contributed by atoms with Crippen molar-refractivity contribution in [2.24, 2.45) is 0 Å². The van der Waals surface area contributed by atoms with Gasteiger partial charge in [0.2, 0.25) is 11.6 Å². The maximum absolute atomic E-state index is 13.4. The highest BCUT2D eigenvalue weighted by atomic mass is 19.2. The third kappa shape index (κ3) is 2.19. The van der Waals surface area contributed by atoms with Gasteiger partial charge in [-0.2, -0.15) is 22.5 Å². The first-order chi connectivity index (χ1) is 8.00. The molecule has 1 N–H and O–H groups in total. The summed E-state index contributed by atoms with van der Waals surface area (Å²) in [7, 11) is 0. The van der Waals surface area contributed by atoms with E-state index in [1.807, 2.05) is 0 Å². The van der Waals surface area contributed by atoms with Crippen LogP contribution in [0.1, 0.15) is 12.8 Å². The molecular formula is C10H10F4N2O. The fourth-order valence-electron chi connectivity index (χ4n) is 1.84. The van der Waals surface area contributed by atoms with E-state index in [9.17, 15) is 22.7 Å². The Hall–Kier alpha value is -1.37. The Morgan fingerprint density at radius 3 is 1.94 bits per heavy atom. The number of aliphatic hydroxyl groups excluding tert-OH is 1. The SMILES string of the molecule is OC1CCN(c2c(F)c(F)nc(F)c2F)CC1. The van der Waals surface area contributed by atoms with Crippen molar-refractivity contribution in [3.63, 3.8) is 0 Å². The van der Waals surface area contributed by atoms with E-state index in [0.717, 1.165) is 0 Å². The van der Waals surface area contributed by atoms with Gasteiger partial charge in [0, 0.05) is 13.1 Å². The van der Waals surface area contributed by atoms with Gasteiger partial charge in [-0.1, -0.05) is 0 Å². The van der Waals surface area contributed by atoms with Crippen molar-refractivity contribution < 1.29 is 22.7 Å². The molecular weight excluding hydrogens is 240 g/mol. The third-order valence-corrected chi connectivity index (χ3v) is 2.76. The van der Waals surface area contributed by atoms with Crippen LogP contribution in [0, 0.1) is 23.5 Å². The Bertz CT molecular complexity index is 407. The Kier molecular flexibility index (Phi) is 3.19. The van der Waals surface area contributed by atoms with Crippen LogP contribution < -0.4 is 4.90 Å². The molecule has 0 aromatic carbocycles. The average molecular weight is 250 g/mol. The molecule has 17 heavy (non-hydrogen) atoms. The molecule has 1 fully saturated rings. The predicted molar refractivity (Wildman–Crippen MR) is 51.5 cm³/mol. The monoisotopic (exact) mass is 250 g/mol. The molecule has 94 valence electrons. The van der Waals surface area contributed by atoms with Crippen molar-refractivity contribution in [3.8, 4) is 0 Å². The van der Waals surface area contributed by atoms with Gasteiger partial charge in [0.25, 0.3) is 11.9 Å². The molecule has 1 aromatic rings. The molecule has 0 unspecified atom stereocenters. The van der Waals surface area contributed by atoms with Gasteiger partial charge in [-0.25, -0.2) is 0 Å². The molecule has 0 spiro atoms. The maximum atomic E-state index is 13.4. The molecule has 2 heterocycles. The summed E-state index contributed by atoms with van der Waals surface area (Å²) in [5.74, 6) is -6.32. The molecule has 0 amide bonds. The van der Waals surface area contributed by atoms with Gasteiger partial charge in [0.1, 0.15) is 5.69 Å². The number of nitrogens with zero attached hydrogens (tertiary/aromatic N) is 2. The zero-order valence-electron chi connectivity index (χ0n) is 8.76. The molecule has 1 aliphatic rings. The number of aliphatic hydroxyl groups is 1. The second-order valence-corrected chi connectivity index (χ2v) is 3.89. The van der Waals surface area contributed by atoms with Gasteiger partial charge in [-0.3, -0.25) is 0 Å². The van der Waals surface area contributed by atoms with Crippen LogP contribution in [0.5, 0.6) is 0 Å². The van der Waals surface area contributed by atoms with E-state index >= 15 is 0 Å². The third-order valence-electron chi connectivity index (χ3n) is 2.76. The summed E-state index contributed by atoms with van der Waals surface area (Å²) < 4.78 is 52.5. The smallest absolute Gasteiger partial charge is 0.253 e. The summed E-state index contributed by atoms with van der Waals surface area (Å²) in [6, 6.07) is 0. The lowest BCUT2D eigenvalue weighted by atomic mass is 10.1. The first-order valence-corrected chi connectivity index (χ1v) is 5.13. The summed E-state index contributed by atoms with van der Waals surface area (Å²) in [6.45, 7) is 0.274. The summed E-state index contributed by atoms with van der Waals surface area (Å²) in [4.78, 5) is 3.66. The van der Waals surface area contributed by atoms with Crippen LogP contribution in [0.3, 0.4) is 0 Å². The molecule has 1 aliphatic heterocycles. The topological polar surface area (TPSA) is 36.4 Å². The summed E-state index contributed by atoms with van der Waals surface area (Å²) >= 11 is 0. The molecule has 2 rings (SSSR count). The Morgan fingerprint density at radius 2 is 1.47 bits per heavy atom. The second-order valence-electron chi connectivity index (χ2n) is 3.89. The number of anilines is 1. The van der Waals surface area contributed by atoms with Crippen LogP contribution in [0.2, 0.25) is 0 Å². The minimum Gasteiger partial charge on any atom is -0.393 e. The van der Waals surface area contributed by atoms with Crippen molar-refractivity contribution in [2.45, 2.75) is 18.9 Å². The van der Waals surface area contributed by atoms with E-state index in [0.29, 0.717) is 12.8 Å². The molecule has 0 bridgehead atoms. The van der Waals surface area contributed by atoms with Crippen molar-refractivity contribution in [1.29, 1.82) is 0 Å². The summed E-state index contributed by atoms with van der Waals surface area (Å²) in [6.07, 6.45) is 0.0448. The molecule has 0 aliphatic carbocycles. The van der Waals surface area contributed by atoms with Crippen molar-refractivity contribution in [1.82, 2.24) is 4.98 Å². The Balaban J connectivity index is 2.37. The molecule has 0 radical (unpaired) electrons. The Morgan fingerprint density at radius 1 is 1.00 bits per heavy atom. The molecule has 0 saturated carbocycles. The van der Waals surface area contributed by atoms with Crippen LogP contribution in [-0.2, 0) is 0 Å². The van der Waals surface area contributed by atoms with E-state index in [-0.39, 0.29) is 13.1 Å². The van der Waals surface area contributed by atoms with Gasteiger partial charge in [0.05, 0.1) is 6.10 Å². The quantitative estimate of drug-likeness (QED) is 0.607. The van der Waals surface area contributed by atoms with Crippen molar-refractivity contribution >= 4 is 5.69 Å². The highest BCUT2D eigenvalue weighted by molar-refractivity contribution is 5.48. The first-order valence-electron chi connectivity index (χ1n) is 5.13. The van der Waals surface area contributed by atoms with E-state index in [1.54, 1.807) is 0 Å². The molecule has 1 saturated heterocycles. The van der Waals surface area contributed by atoms with Gasteiger partial charge in [-0.05, 0) is 12.8 Å². The van der Waals surface area contributed by atoms with Crippen LogP contribution in [0.25, 0.3) is 0 Å².